The average Bonchev–Trinajstić information content (AvgIpc) is 3.19. The van der Waals surface area contributed by atoms with Gasteiger partial charge in [-0.3, -0.25) is 14.5 Å². The summed E-state index contributed by atoms with van der Waals surface area (Å²) < 4.78 is 5.08. The first-order valence-corrected chi connectivity index (χ1v) is 12.4. The van der Waals surface area contributed by atoms with Crippen molar-refractivity contribution in [2.75, 3.05) is 33.4 Å². The fourth-order valence-electron chi connectivity index (χ4n) is 5.06. The number of methoxy groups -OCH3 is 1. The van der Waals surface area contributed by atoms with Crippen LogP contribution in [-0.2, 0) is 20.7 Å². The number of benzene rings is 2. The van der Waals surface area contributed by atoms with E-state index in [9.17, 15) is 14.4 Å². The number of nitrogens with one attached hydrogen (secondary N) is 2. The SMILES string of the molecule is CCN1C(=O)NC(c2ccc(C)cc2C)C2=C1CN(C(Cc1ccccc1)C(=O)NCCOC)C2=O. The number of hydrogen-bond acceptors (Lipinski definition) is 4. The van der Waals surface area contributed by atoms with E-state index in [1.54, 1.807) is 16.9 Å². The fourth-order valence-corrected chi connectivity index (χ4v) is 5.06. The summed E-state index contributed by atoms with van der Waals surface area (Å²) in [6.45, 7) is 7.23. The molecule has 2 aromatic carbocycles. The Labute approximate surface area is 212 Å². The van der Waals surface area contributed by atoms with Gasteiger partial charge in [0.1, 0.15) is 6.04 Å². The number of hydrogen-bond donors (Lipinski definition) is 2. The van der Waals surface area contributed by atoms with Crippen LogP contribution in [0.2, 0.25) is 0 Å². The van der Waals surface area contributed by atoms with Gasteiger partial charge in [0.15, 0.2) is 0 Å². The number of urea groups is 1. The zero-order chi connectivity index (χ0) is 25.8. The smallest absolute Gasteiger partial charge is 0.322 e. The molecule has 0 radical (unpaired) electrons. The lowest BCUT2D eigenvalue weighted by Crippen LogP contribution is -2.50. The summed E-state index contributed by atoms with van der Waals surface area (Å²) in [5, 5.41) is 5.94. The van der Waals surface area contributed by atoms with Crippen LogP contribution in [0.4, 0.5) is 4.79 Å². The maximum absolute atomic E-state index is 14.0. The van der Waals surface area contributed by atoms with Crippen molar-refractivity contribution in [3.05, 3.63) is 82.1 Å². The van der Waals surface area contributed by atoms with Crippen LogP contribution in [-0.4, -0.2) is 67.0 Å². The topological polar surface area (TPSA) is 91.0 Å². The van der Waals surface area contributed by atoms with Crippen molar-refractivity contribution in [3.63, 3.8) is 0 Å². The minimum absolute atomic E-state index is 0.200. The molecule has 8 nitrogen and oxygen atoms in total. The van der Waals surface area contributed by atoms with E-state index in [-0.39, 0.29) is 24.4 Å². The third-order valence-electron chi connectivity index (χ3n) is 6.86. The molecule has 36 heavy (non-hydrogen) atoms. The Kier molecular flexibility index (Phi) is 7.74. The van der Waals surface area contributed by atoms with Crippen molar-refractivity contribution in [2.45, 2.75) is 39.3 Å². The largest absolute Gasteiger partial charge is 0.383 e. The summed E-state index contributed by atoms with van der Waals surface area (Å²) in [5.41, 5.74) is 5.15. The van der Waals surface area contributed by atoms with Crippen LogP contribution in [0.1, 0.15) is 35.2 Å². The average molecular weight is 491 g/mol. The number of rotatable bonds is 9. The number of amides is 4. The Morgan fingerprint density at radius 2 is 1.92 bits per heavy atom. The zero-order valence-corrected chi connectivity index (χ0v) is 21.3. The van der Waals surface area contributed by atoms with Crippen molar-refractivity contribution in [2.24, 2.45) is 0 Å². The first-order valence-electron chi connectivity index (χ1n) is 12.4. The minimum atomic E-state index is -0.726. The predicted octanol–water partition coefficient (Wildman–Crippen LogP) is 2.86. The van der Waals surface area contributed by atoms with E-state index in [0.29, 0.717) is 37.4 Å². The quantitative estimate of drug-likeness (QED) is 0.529. The fraction of sp³-hybridized carbons (Fsp3) is 0.393. The van der Waals surface area contributed by atoms with Gasteiger partial charge in [0, 0.05) is 26.6 Å². The van der Waals surface area contributed by atoms with Gasteiger partial charge < -0.3 is 20.3 Å². The van der Waals surface area contributed by atoms with Crippen molar-refractivity contribution in [3.8, 4) is 0 Å². The van der Waals surface area contributed by atoms with E-state index >= 15 is 0 Å². The molecule has 2 heterocycles. The van der Waals surface area contributed by atoms with Gasteiger partial charge in [-0.05, 0) is 37.5 Å². The Morgan fingerprint density at radius 3 is 2.58 bits per heavy atom. The molecule has 0 saturated carbocycles. The number of nitrogens with zero attached hydrogens (tertiary/aromatic N) is 2. The van der Waals surface area contributed by atoms with Crippen LogP contribution in [0.15, 0.2) is 59.8 Å². The van der Waals surface area contributed by atoms with Gasteiger partial charge in [0.25, 0.3) is 5.91 Å². The molecule has 0 bridgehead atoms. The molecule has 0 aliphatic carbocycles. The van der Waals surface area contributed by atoms with Gasteiger partial charge in [-0.1, -0.05) is 54.1 Å². The number of aryl methyl sites for hydroxylation is 2. The molecular weight excluding hydrogens is 456 g/mol. The number of likely N-dealkylation sites (N-methyl/N-ethyl adjacent to an activating group) is 1. The highest BCUT2D eigenvalue weighted by Gasteiger charge is 2.47. The summed E-state index contributed by atoms with van der Waals surface area (Å²) >= 11 is 0. The van der Waals surface area contributed by atoms with Crippen molar-refractivity contribution in [1.82, 2.24) is 20.4 Å². The second kappa shape index (κ2) is 11.0. The van der Waals surface area contributed by atoms with Gasteiger partial charge in [-0.15, -0.1) is 0 Å². The highest BCUT2D eigenvalue weighted by atomic mass is 16.5. The Bertz CT molecular complexity index is 1180. The maximum Gasteiger partial charge on any atom is 0.322 e. The second-order valence-electron chi connectivity index (χ2n) is 9.27. The molecule has 2 aliphatic rings. The van der Waals surface area contributed by atoms with E-state index in [1.165, 1.54) is 0 Å². The molecule has 0 aromatic heterocycles. The molecule has 2 aromatic rings. The van der Waals surface area contributed by atoms with Crippen molar-refractivity contribution >= 4 is 17.8 Å². The summed E-state index contributed by atoms with van der Waals surface area (Å²) in [6, 6.07) is 14.1. The molecule has 4 amide bonds. The van der Waals surface area contributed by atoms with E-state index in [1.807, 2.05) is 69.3 Å². The Hall–Kier alpha value is -3.65. The predicted molar refractivity (Wildman–Crippen MR) is 137 cm³/mol. The molecule has 0 spiro atoms. The van der Waals surface area contributed by atoms with Gasteiger partial charge in [-0.25, -0.2) is 4.79 Å². The van der Waals surface area contributed by atoms with Crippen molar-refractivity contribution < 1.29 is 19.1 Å². The van der Waals surface area contributed by atoms with E-state index in [2.05, 4.69) is 10.6 Å². The monoisotopic (exact) mass is 490 g/mol. The van der Waals surface area contributed by atoms with Crippen molar-refractivity contribution in [1.29, 1.82) is 0 Å². The van der Waals surface area contributed by atoms with Crippen LogP contribution in [0.3, 0.4) is 0 Å². The maximum atomic E-state index is 14.0. The molecule has 2 atom stereocenters. The summed E-state index contributed by atoms with van der Waals surface area (Å²) in [6.07, 6.45) is 0.369. The summed E-state index contributed by atoms with van der Waals surface area (Å²) in [5.74, 6) is -0.467. The number of ether oxygens (including phenoxy) is 1. The first kappa shape index (κ1) is 25.4. The highest BCUT2D eigenvalue weighted by Crippen LogP contribution is 2.38. The van der Waals surface area contributed by atoms with Crippen LogP contribution in [0.5, 0.6) is 0 Å². The van der Waals surface area contributed by atoms with Gasteiger partial charge in [-0.2, -0.15) is 0 Å². The standard InChI is InChI=1S/C28H34N4O4/c1-5-31-23-17-32(22(26(33)29-13-14-36-4)16-20-9-7-6-8-10-20)27(34)24(23)25(30-28(31)35)21-12-11-18(2)15-19(21)3/h6-12,15,22,25H,5,13-14,16-17H2,1-4H3,(H,29,33)(H,30,35). The lowest BCUT2D eigenvalue weighted by atomic mass is 9.91. The normalized spacial score (nSPS) is 18.3. The Morgan fingerprint density at radius 1 is 1.17 bits per heavy atom. The molecule has 2 aliphatic heterocycles. The lowest BCUT2D eigenvalue weighted by molar-refractivity contribution is -0.136. The molecular formula is C28H34N4O4. The molecule has 8 heteroatoms. The third-order valence-corrected chi connectivity index (χ3v) is 6.86. The van der Waals surface area contributed by atoms with E-state index in [4.69, 9.17) is 4.74 Å². The molecule has 0 fully saturated rings. The lowest BCUT2D eigenvalue weighted by Gasteiger charge is -2.33. The summed E-state index contributed by atoms with van der Waals surface area (Å²) in [4.78, 5) is 43.7. The number of carbonyl (C=O) groups excluding carboxylic acids is 3. The highest BCUT2D eigenvalue weighted by molar-refractivity contribution is 6.03. The first-order chi connectivity index (χ1) is 17.3. The van der Waals surface area contributed by atoms with Gasteiger partial charge >= 0.3 is 6.03 Å². The second-order valence-corrected chi connectivity index (χ2v) is 9.27. The molecule has 190 valence electrons. The third kappa shape index (κ3) is 4.99. The number of carbonyl (C=O) groups is 3. The van der Waals surface area contributed by atoms with E-state index in [0.717, 1.165) is 22.3 Å². The molecule has 2 unspecified atom stereocenters. The van der Waals surface area contributed by atoms with Gasteiger partial charge in [0.05, 0.1) is 30.5 Å². The Balaban J connectivity index is 1.71. The zero-order valence-electron chi connectivity index (χ0n) is 21.3. The van der Waals surface area contributed by atoms with Crippen LogP contribution in [0.25, 0.3) is 0 Å². The van der Waals surface area contributed by atoms with Gasteiger partial charge in [0.2, 0.25) is 5.91 Å². The minimum Gasteiger partial charge on any atom is -0.383 e. The molecule has 4 rings (SSSR count). The van der Waals surface area contributed by atoms with Crippen LogP contribution in [0, 0.1) is 13.8 Å². The van der Waals surface area contributed by atoms with Crippen LogP contribution < -0.4 is 10.6 Å². The van der Waals surface area contributed by atoms with E-state index < -0.39 is 12.1 Å². The van der Waals surface area contributed by atoms with Crippen LogP contribution >= 0.6 is 0 Å². The molecule has 0 saturated heterocycles. The summed E-state index contributed by atoms with van der Waals surface area (Å²) in [7, 11) is 1.58. The molecule has 2 N–H and O–H groups in total.